The molecule has 4 saturated carbocycles. The smallest absolute Gasteiger partial charge is 0.230 e. The number of methoxy groups -OCH3 is 1. The molecule has 1 amide bonds. The van der Waals surface area contributed by atoms with Crippen LogP contribution in [0.15, 0.2) is 30.3 Å². The average molecular weight is 327 g/mol. The molecule has 5 rings (SSSR count). The lowest BCUT2D eigenvalue weighted by Gasteiger charge is -2.59. The van der Waals surface area contributed by atoms with Gasteiger partial charge in [0.05, 0.1) is 11.0 Å². The van der Waals surface area contributed by atoms with Crippen molar-refractivity contribution in [3.05, 3.63) is 35.9 Å². The van der Waals surface area contributed by atoms with E-state index in [-0.39, 0.29) is 11.5 Å². The fourth-order valence-electron chi connectivity index (χ4n) is 5.75. The van der Waals surface area contributed by atoms with Gasteiger partial charge in [-0.05, 0) is 69.3 Å². The van der Waals surface area contributed by atoms with E-state index >= 15 is 0 Å². The summed E-state index contributed by atoms with van der Waals surface area (Å²) in [5.74, 6) is 2.15. The van der Waals surface area contributed by atoms with E-state index in [1.165, 1.54) is 19.3 Å². The summed E-state index contributed by atoms with van der Waals surface area (Å²) in [6.07, 6.45) is 5.99. The first-order valence-electron chi connectivity index (χ1n) is 9.35. The molecule has 24 heavy (non-hydrogen) atoms. The molecule has 2 atom stereocenters. The Bertz CT molecular complexity index is 608. The number of hydrogen-bond acceptors (Lipinski definition) is 2. The molecule has 3 nitrogen and oxygen atoms in total. The van der Waals surface area contributed by atoms with Crippen molar-refractivity contribution in [2.45, 2.75) is 63.0 Å². The highest BCUT2D eigenvalue weighted by atomic mass is 16.5. The number of benzene rings is 1. The Hall–Kier alpha value is -1.35. The summed E-state index contributed by atoms with van der Waals surface area (Å²) in [7, 11) is 1.87. The molecule has 130 valence electrons. The molecule has 0 aromatic heterocycles. The van der Waals surface area contributed by atoms with Gasteiger partial charge in [0.1, 0.15) is 0 Å². The molecule has 3 heteroatoms. The summed E-state index contributed by atoms with van der Waals surface area (Å²) < 4.78 is 5.93. The number of carbonyl (C=O) groups excluding carboxylic acids is 1. The molecule has 1 aromatic carbocycles. The van der Waals surface area contributed by atoms with Crippen LogP contribution in [0.25, 0.3) is 0 Å². The van der Waals surface area contributed by atoms with Gasteiger partial charge < -0.3 is 10.1 Å². The Labute approximate surface area is 145 Å². The van der Waals surface area contributed by atoms with Crippen molar-refractivity contribution < 1.29 is 9.53 Å². The molecule has 4 fully saturated rings. The fraction of sp³-hybridized carbons (Fsp3) is 0.667. The Morgan fingerprint density at radius 1 is 1.12 bits per heavy atom. The van der Waals surface area contributed by atoms with E-state index in [2.05, 4.69) is 17.4 Å². The molecule has 4 aliphatic rings. The van der Waals surface area contributed by atoms with Crippen LogP contribution in [0.1, 0.15) is 51.5 Å². The van der Waals surface area contributed by atoms with E-state index < -0.39 is 5.41 Å². The quantitative estimate of drug-likeness (QED) is 0.916. The highest BCUT2D eigenvalue weighted by Gasteiger charge is 2.56. The number of nitrogens with one attached hydrogen (secondary N) is 1. The lowest BCUT2D eigenvalue weighted by Crippen LogP contribution is -2.63. The van der Waals surface area contributed by atoms with Crippen molar-refractivity contribution in [1.82, 2.24) is 5.32 Å². The zero-order valence-corrected chi connectivity index (χ0v) is 15.0. The number of carbonyl (C=O) groups is 1. The maximum absolute atomic E-state index is 13.1. The molecule has 0 radical (unpaired) electrons. The fourth-order valence-corrected chi connectivity index (χ4v) is 5.75. The topological polar surface area (TPSA) is 38.3 Å². The van der Waals surface area contributed by atoms with Gasteiger partial charge in [-0.2, -0.15) is 0 Å². The Morgan fingerprint density at radius 3 is 2.33 bits per heavy atom. The number of ether oxygens (including phenoxy) is 1. The Morgan fingerprint density at radius 2 is 1.75 bits per heavy atom. The van der Waals surface area contributed by atoms with E-state index in [4.69, 9.17) is 4.74 Å². The molecule has 2 unspecified atom stereocenters. The van der Waals surface area contributed by atoms with Crippen molar-refractivity contribution in [3.8, 4) is 0 Å². The predicted octanol–water partition coefficient (Wildman–Crippen LogP) is 3.67. The standard InChI is InChI=1S/C21H29NO2/c1-20(2,17-7-5-4-6-8-17)19(23)22-18-15-9-14-10-16(18)13-21(11-14,12-15)24-3/h4-8,14-16,18H,9-13H2,1-3H3,(H,22,23). The highest BCUT2D eigenvalue weighted by molar-refractivity contribution is 5.87. The van der Waals surface area contributed by atoms with Crippen LogP contribution in [0.4, 0.5) is 0 Å². The normalized spacial score (nSPS) is 37.5. The summed E-state index contributed by atoms with van der Waals surface area (Å²) in [5.41, 5.74) is 0.696. The third-order valence-corrected chi connectivity index (χ3v) is 7.01. The van der Waals surface area contributed by atoms with E-state index in [1.807, 2.05) is 39.2 Å². The summed E-state index contributed by atoms with van der Waals surface area (Å²) in [5, 5.41) is 3.45. The number of hydrogen-bond donors (Lipinski definition) is 1. The van der Waals surface area contributed by atoms with Crippen molar-refractivity contribution in [2.24, 2.45) is 17.8 Å². The maximum atomic E-state index is 13.1. The van der Waals surface area contributed by atoms with Crippen LogP contribution in [0.2, 0.25) is 0 Å². The monoisotopic (exact) mass is 327 g/mol. The van der Waals surface area contributed by atoms with Crippen molar-refractivity contribution in [2.75, 3.05) is 7.11 Å². The molecule has 1 N–H and O–H groups in total. The molecule has 1 aromatic rings. The van der Waals surface area contributed by atoms with Gasteiger partial charge in [0, 0.05) is 13.2 Å². The molecule has 0 spiro atoms. The lowest BCUT2D eigenvalue weighted by atomic mass is 9.52. The van der Waals surface area contributed by atoms with Gasteiger partial charge in [-0.1, -0.05) is 30.3 Å². The van der Waals surface area contributed by atoms with Crippen LogP contribution in [-0.2, 0) is 14.9 Å². The number of rotatable bonds is 4. The van der Waals surface area contributed by atoms with Crippen LogP contribution in [0, 0.1) is 17.8 Å². The maximum Gasteiger partial charge on any atom is 0.230 e. The minimum Gasteiger partial charge on any atom is -0.378 e. The molecule has 0 heterocycles. The third-order valence-electron chi connectivity index (χ3n) is 7.01. The van der Waals surface area contributed by atoms with Gasteiger partial charge in [0.25, 0.3) is 0 Å². The van der Waals surface area contributed by atoms with Crippen molar-refractivity contribution in [1.29, 1.82) is 0 Å². The minimum absolute atomic E-state index is 0.104. The molecular formula is C21H29NO2. The molecule has 0 aliphatic heterocycles. The average Bonchev–Trinajstić information content (AvgIpc) is 2.58. The zero-order chi connectivity index (χ0) is 16.9. The van der Waals surface area contributed by atoms with Gasteiger partial charge in [-0.15, -0.1) is 0 Å². The first-order chi connectivity index (χ1) is 11.4. The summed E-state index contributed by atoms with van der Waals surface area (Å²) in [4.78, 5) is 13.1. The van der Waals surface area contributed by atoms with Crippen LogP contribution in [0.3, 0.4) is 0 Å². The zero-order valence-electron chi connectivity index (χ0n) is 15.0. The number of amides is 1. The van der Waals surface area contributed by atoms with Crippen molar-refractivity contribution >= 4 is 5.91 Å². The second kappa shape index (κ2) is 5.59. The van der Waals surface area contributed by atoms with E-state index in [9.17, 15) is 4.79 Å². The Kier molecular flexibility index (Phi) is 3.76. The molecule has 0 saturated heterocycles. The largest absolute Gasteiger partial charge is 0.378 e. The van der Waals surface area contributed by atoms with Gasteiger partial charge in [-0.25, -0.2) is 0 Å². The SMILES string of the molecule is COC12CC3CC(C1)C(NC(=O)C(C)(C)c1ccccc1)C(C3)C2. The molecule has 4 aliphatic carbocycles. The minimum atomic E-state index is -0.491. The van der Waals surface area contributed by atoms with Crippen LogP contribution in [-0.4, -0.2) is 24.7 Å². The Balaban J connectivity index is 1.51. The van der Waals surface area contributed by atoms with Gasteiger partial charge in [-0.3, -0.25) is 4.79 Å². The van der Waals surface area contributed by atoms with Crippen LogP contribution >= 0.6 is 0 Å². The van der Waals surface area contributed by atoms with Crippen LogP contribution < -0.4 is 5.32 Å². The van der Waals surface area contributed by atoms with Gasteiger partial charge >= 0.3 is 0 Å². The predicted molar refractivity (Wildman–Crippen MR) is 94.7 cm³/mol. The summed E-state index contributed by atoms with van der Waals surface area (Å²) in [6, 6.07) is 10.5. The van der Waals surface area contributed by atoms with E-state index in [0.717, 1.165) is 24.3 Å². The second-order valence-corrected chi connectivity index (χ2v) is 8.85. The van der Waals surface area contributed by atoms with Gasteiger partial charge in [0.15, 0.2) is 0 Å². The van der Waals surface area contributed by atoms with E-state index in [1.54, 1.807) is 0 Å². The molecule has 4 bridgehead atoms. The summed E-state index contributed by atoms with van der Waals surface area (Å²) in [6.45, 7) is 4.06. The second-order valence-electron chi connectivity index (χ2n) is 8.85. The first kappa shape index (κ1) is 16.1. The van der Waals surface area contributed by atoms with E-state index in [0.29, 0.717) is 17.9 Å². The lowest BCUT2D eigenvalue weighted by molar-refractivity contribution is -0.161. The highest BCUT2D eigenvalue weighted by Crippen LogP contribution is 2.57. The molecular weight excluding hydrogens is 298 g/mol. The third kappa shape index (κ3) is 2.48. The summed E-state index contributed by atoms with van der Waals surface area (Å²) >= 11 is 0. The van der Waals surface area contributed by atoms with Crippen molar-refractivity contribution in [3.63, 3.8) is 0 Å². The first-order valence-corrected chi connectivity index (χ1v) is 9.35. The van der Waals surface area contributed by atoms with Crippen LogP contribution in [0.5, 0.6) is 0 Å². The van der Waals surface area contributed by atoms with Gasteiger partial charge in [0.2, 0.25) is 5.91 Å².